The molecule has 0 aliphatic rings. The van der Waals surface area contributed by atoms with Crippen LogP contribution < -0.4 is 5.32 Å². The molecular formula is C18H26N2O2. The molecule has 22 heavy (non-hydrogen) atoms. The summed E-state index contributed by atoms with van der Waals surface area (Å²) in [5, 5.41) is 13.7. The van der Waals surface area contributed by atoms with E-state index in [9.17, 15) is 9.90 Å². The third-order valence-electron chi connectivity index (χ3n) is 3.91. The summed E-state index contributed by atoms with van der Waals surface area (Å²) < 4.78 is 1.99. The van der Waals surface area contributed by atoms with Crippen molar-refractivity contribution in [1.82, 2.24) is 9.88 Å². The molecule has 0 saturated carbocycles. The molecule has 1 unspecified atom stereocenters. The van der Waals surface area contributed by atoms with E-state index in [1.807, 2.05) is 29.0 Å². The molecule has 1 atom stereocenters. The molecular weight excluding hydrogens is 276 g/mol. The summed E-state index contributed by atoms with van der Waals surface area (Å²) in [7, 11) is 0. The van der Waals surface area contributed by atoms with Gasteiger partial charge < -0.3 is 15.0 Å². The summed E-state index contributed by atoms with van der Waals surface area (Å²) in [5.41, 5.74) is 2.15. The summed E-state index contributed by atoms with van der Waals surface area (Å²) >= 11 is 0. The zero-order valence-corrected chi connectivity index (χ0v) is 13.9. The monoisotopic (exact) mass is 302 g/mol. The molecule has 4 nitrogen and oxygen atoms in total. The zero-order chi connectivity index (χ0) is 16.3. The van der Waals surface area contributed by atoms with Crippen molar-refractivity contribution in [1.29, 1.82) is 0 Å². The van der Waals surface area contributed by atoms with E-state index in [2.05, 4.69) is 32.2 Å². The minimum atomic E-state index is -0.358. The number of rotatable bonds is 6. The number of carbonyl (C=O) groups is 1. The zero-order valence-electron chi connectivity index (χ0n) is 13.9. The molecule has 0 spiro atoms. The number of fused-ring (bicyclic) bond motifs is 1. The molecule has 2 N–H and O–H groups in total. The number of aliphatic hydroxyl groups excluding tert-OH is 1. The largest absolute Gasteiger partial charge is 0.393 e. The summed E-state index contributed by atoms with van der Waals surface area (Å²) in [6, 6.07) is 8.11. The number of nitrogens with zero attached hydrogens (tertiary/aromatic N) is 1. The fourth-order valence-electron chi connectivity index (χ4n) is 2.98. The van der Waals surface area contributed by atoms with Gasteiger partial charge in [0.1, 0.15) is 6.54 Å². The summed E-state index contributed by atoms with van der Waals surface area (Å²) in [6.45, 7) is 8.82. The highest BCUT2D eigenvalue weighted by atomic mass is 16.3. The van der Waals surface area contributed by atoms with Crippen molar-refractivity contribution in [3.05, 3.63) is 36.0 Å². The number of hydrogen-bond acceptors (Lipinski definition) is 2. The standard InChI is InChI=1S/C18H26N2O2/c1-13-10-20(16-8-6-5-7-15(13)16)11-17(22)19-12-18(3,4)9-14(2)21/h5-8,10,14,21H,9,11-12H2,1-4H3,(H,19,22). The highest BCUT2D eigenvalue weighted by Crippen LogP contribution is 2.22. The predicted octanol–water partition coefficient (Wildman–Crippen LogP) is 2.86. The van der Waals surface area contributed by atoms with E-state index in [0.29, 0.717) is 19.5 Å². The van der Waals surface area contributed by atoms with Gasteiger partial charge in [-0.05, 0) is 37.3 Å². The predicted molar refractivity (Wildman–Crippen MR) is 89.8 cm³/mol. The number of benzene rings is 1. The lowest BCUT2D eigenvalue weighted by Gasteiger charge is -2.26. The third-order valence-corrected chi connectivity index (χ3v) is 3.91. The molecule has 1 amide bonds. The maximum absolute atomic E-state index is 12.2. The van der Waals surface area contributed by atoms with E-state index in [4.69, 9.17) is 0 Å². The van der Waals surface area contributed by atoms with Crippen molar-refractivity contribution < 1.29 is 9.90 Å². The Balaban J connectivity index is 2.00. The molecule has 0 fully saturated rings. The van der Waals surface area contributed by atoms with Crippen LogP contribution in [-0.4, -0.2) is 28.2 Å². The molecule has 1 aromatic heterocycles. The molecule has 0 saturated heterocycles. The van der Waals surface area contributed by atoms with Crippen LogP contribution in [0, 0.1) is 12.3 Å². The van der Waals surface area contributed by atoms with Gasteiger partial charge in [0.25, 0.3) is 0 Å². The minimum Gasteiger partial charge on any atom is -0.393 e. The molecule has 4 heteroatoms. The Kier molecular flexibility index (Phi) is 4.91. The quantitative estimate of drug-likeness (QED) is 0.862. The molecule has 2 rings (SSSR count). The number of aryl methyl sites for hydroxylation is 1. The molecule has 0 radical (unpaired) electrons. The Morgan fingerprint density at radius 3 is 2.73 bits per heavy atom. The van der Waals surface area contributed by atoms with Crippen molar-refractivity contribution in [3.63, 3.8) is 0 Å². The van der Waals surface area contributed by atoms with E-state index in [-0.39, 0.29) is 17.4 Å². The Bertz CT molecular complexity index is 656. The second-order valence-electron chi connectivity index (χ2n) is 6.95. The molecule has 1 heterocycles. The number of nitrogens with one attached hydrogen (secondary N) is 1. The second-order valence-corrected chi connectivity index (χ2v) is 6.95. The lowest BCUT2D eigenvalue weighted by atomic mass is 9.87. The maximum atomic E-state index is 12.2. The molecule has 0 aliphatic heterocycles. The molecule has 1 aromatic carbocycles. The number of aliphatic hydroxyl groups is 1. The van der Waals surface area contributed by atoms with E-state index >= 15 is 0 Å². The molecule has 0 aliphatic carbocycles. The Morgan fingerprint density at radius 1 is 1.36 bits per heavy atom. The Morgan fingerprint density at radius 2 is 2.05 bits per heavy atom. The minimum absolute atomic E-state index is 0.000536. The normalized spacial score (nSPS) is 13.3. The van der Waals surface area contributed by atoms with Crippen LogP contribution in [-0.2, 0) is 11.3 Å². The van der Waals surface area contributed by atoms with Gasteiger partial charge in [0, 0.05) is 23.6 Å². The number of hydrogen-bond donors (Lipinski definition) is 2. The molecule has 2 aromatic rings. The number of aromatic nitrogens is 1. The van der Waals surface area contributed by atoms with Gasteiger partial charge in [-0.1, -0.05) is 32.0 Å². The van der Waals surface area contributed by atoms with Crippen LogP contribution in [0.1, 0.15) is 32.8 Å². The van der Waals surface area contributed by atoms with Crippen LogP contribution in [0.4, 0.5) is 0 Å². The molecule has 120 valence electrons. The number of carbonyl (C=O) groups excluding carboxylic acids is 1. The van der Waals surface area contributed by atoms with E-state index in [1.165, 1.54) is 10.9 Å². The highest BCUT2D eigenvalue weighted by Gasteiger charge is 2.21. The van der Waals surface area contributed by atoms with Crippen molar-refractivity contribution in [2.45, 2.75) is 46.8 Å². The first-order valence-electron chi connectivity index (χ1n) is 7.78. The lowest BCUT2D eigenvalue weighted by Crippen LogP contribution is -2.37. The molecule has 0 bridgehead atoms. The van der Waals surface area contributed by atoms with Crippen molar-refractivity contribution in [2.24, 2.45) is 5.41 Å². The van der Waals surface area contributed by atoms with Gasteiger partial charge in [0.15, 0.2) is 0 Å². The fourth-order valence-corrected chi connectivity index (χ4v) is 2.98. The van der Waals surface area contributed by atoms with Gasteiger partial charge in [0.05, 0.1) is 6.10 Å². The fraction of sp³-hybridized carbons (Fsp3) is 0.500. The summed E-state index contributed by atoms with van der Waals surface area (Å²) in [4.78, 5) is 12.2. The van der Waals surface area contributed by atoms with Crippen molar-refractivity contribution in [3.8, 4) is 0 Å². The average Bonchev–Trinajstić information content (AvgIpc) is 2.73. The SMILES string of the molecule is Cc1cn(CC(=O)NCC(C)(C)CC(C)O)c2ccccc12. The van der Waals surface area contributed by atoms with Crippen molar-refractivity contribution >= 4 is 16.8 Å². The first-order valence-corrected chi connectivity index (χ1v) is 7.78. The van der Waals surface area contributed by atoms with Gasteiger partial charge in [-0.2, -0.15) is 0 Å². The van der Waals surface area contributed by atoms with Crippen LogP contribution in [0.5, 0.6) is 0 Å². The summed E-state index contributed by atoms with van der Waals surface area (Å²) in [5.74, 6) is -0.000536. The van der Waals surface area contributed by atoms with Crippen molar-refractivity contribution in [2.75, 3.05) is 6.54 Å². The Hall–Kier alpha value is -1.81. The van der Waals surface area contributed by atoms with Crippen LogP contribution in [0.3, 0.4) is 0 Å². The summed E-state index contributed by atoms with van der Waals surface area (Å²) in [6.07, 6.45) is 2.33. The van der Waals surface area contributed by atoms with Crippen LogP contribution in [0.15, 0.2) is 30.5 Å². The van der Waals surface area contributed by atoms with Gasteiger partial charge in [0.2, 0.25) is 5.91 Å². The van der Waals surface area contributed by atoms with Crippen LogP contribution in [0.2, 0.25) is 0 Å². The smallest absolute Gasteiger partial charge is 0.239 e. The number of amides is 1. The first-order chi connectivity index (χ1) is 10.3. The van der Waals surface area contributed by atoms with Gasteiger partial charge in [-0.3, -0.25) is 4.79 Å². The Labute approximate surface area is 132 Å². The third kappa shape index (κ3) is 4.10. The highest BCUT2D eigenvalue weighted by molar-refractivity contribution is 5.85. The topological polar surface area (TPSA) is 54.3 Å². The van der Waals surface area contributed by atoms with Crippen LogP contribution in [0.25, 0.3) is 10.9 Å². The lowest BCUT2D eigenvalue weighted by molar-refractivity contribution is -0.122. The van der Waals surface area contributed by atoms with E-state index in [1.54, 1.807) is 6.92 Å². The number of para-hydroxylation sites is 1. The van der Waals surface area contributed by atoms with E-state index in [0.717, 1.165) is 5.52 Å². The average molecular weight is 302 g/mol. The van der Waals surface area contributed by atoms with Gasteiger partial charge in [-0.15, -0.1) is 0 Å². The second kappa shape index (κ2) is 6.53. The first kappa shape index (κ1) is 16.6. The maximum Gasteiger partial charge on any atom is 0.239 e. The van der Waals surface area contributed by atoms with E-state index < -0.39 is 0 Å². The van der Waals surface area contributed by atoms with Gasteiger partial charge in [-0.25, -0.2) is 0 Å². The van der Waals surface area contributed by atoms with Crippen LogP contribution >= 0.6 is 0 Å². The van der Waals surface area contributed by atoms with Gasteiger partial charge >= 0.3 is 0 Å².